The predicted octanol–water partition coefficient (Wildman–Crippen LogP) is 18.3. The zero-order chi connectivity index (χ0) is 37.7. The highest BCUT2D eigenvalue weighted by atomic mass is 35.7. The number of halogens is 2. The Kier molecular flexibility index (Phi) is 9.91. The van der Waals surface area contributed by atoms with Crippen LogP contribution in [0.4, 0.5) is 0 Å². The first kappa shape index (κ1) is 38.4. The normalized spacial score (nSPS) is 13.9. The van der Waals surface area contributed by atoms with E-state index in [0.717, 1.165) is 37.6 Å². The van der Waals surface area contributed by atoms with Gasteiger partial charge in [0.1, 0.15) is 0 Å². The molecule has 0 amide bonds. The van der Waals surface area contributed by atoms with Crippen molar-refractivity contribution in [2.24, 2.45) is 0 Å². The molecule has 0 N–H and O–H groups in total. The van der Waals surface area contributed by atoms with Gasteiger partial charge < -0.3 is 16.8 Å². The molecule has 0 saturated carbocycles. The molecule has 0 aliphatic heterocycles. The fraction of sp³-hybridized carbons (Fsp3) is 0.400. The molecular weight excluding hydrogens is 806 g/mol. The summed E-state index contributed by atoms with van der Waals surface area (Å²) in [6.07, 6.45) is 0. The van der Waals surface area contributed by atoms with Crippen molar-refractivity contribution in [2.45, 2.75) is 105 Å². The molecule has 10 rings (SSSR count). The molecule has 0 saturated heterocycles. The lowest BCUT2D eigenvalue weighted by Crippen LogP contribution is -2.11. The van der Waals surface area contributed by atoms with Crippen LogP contribution in [0.15, 0.2) is 65.3 Å². The molecule has 10 aromatic rings. The maximum Gasteiger partial charge on any atom is 0.327 e. The minimum absolute atomic E-state index is 0.135. The lowest BCUT2D eigenvalue weighted by Gasteiger charge is -2.21. The van der Waals surface area contributed by atoms with Crippen LogP contribution in [0.2, 0.25) is 0 Å². The van der Waals surface area contributed by atoms with Gasteiger partial charge in [0.25, 0.3) is 0 Å². The Hall–Kier alpha value is -1.86. The fourth-order valence-electron chi connectivity index (χ4n) is 5.80. The molecule has 0 atom stereocenters. The molecule has 0 unspecified atom stereocenters. The van der Waals surface area contributed by atoms with Crippen molar-refractivity contribution in [3.63, 3.8) is 0 Å². The molecule has 0 aliphatic rings. The summed E-state index contributed by atoms with van der Waals surface area (Å²) in [7, 11) is -3.75. The van der Waals surface area contributed by atoms with Gasteiger partial charge in [-0.3, -0.25) is 0 Å². The number of hydrogen-bond donors (Lipinski definition) is 0. The Morgan fingerprint density at radius 3 is 0.635 bits per heavy atom. The van der Waals surface area contributed by atoms with E-state index in [1.807, 2.05) is 0 Å². The van der Waals surface area contributed by atoms with Gasteiger partial charge in [-0.05, 0) is 92.4 Å². The molecule has 0 radical (unpaired) electrons. The van der Waals surface area contributed by atoms with Gasteiger partial charge in [-0.1, -0.05) is 83.1 Å². The van der Waals surface area contributed by atoms with E-state index in [1.54, 1.807) is 45.3 Å². The maximum absolute atomic E-state index is 7.11. The van der Waals surface area contributed by atoms with Crippen molar-refractivity contribution in [3.8, 4) is 0 Å². The lowest BCUT2D eigenvalue weighted by molar-refractivity contribution is 0.591. The van der Waals surface area contributed by atoms with Crippen molar-refractivity contribution in [2.75, 3.05) is 0 Å². The number of benzene rings is 4. The van der Waals surface area contributed by atoms with Gasteiger partial charge in [0.15, 0.2) is 22.3 Å². The van der Waals surface area contributed by atoms with E-state index in [-0.39, 0.29) is 21.7 Å². The van der Waals surface area contributed by atoms with Crippen molar-refractivity contribution >= 4 is 142 Å². The summed E-state index contributed by atoms with van der Waals surface area (Å²) in [5.41, 5.74) is 7.05. The first-order valence-corrected chi connectivity index (χ1v) is 24.6. The van der Waals surface area contributed by atoms with Crippen LogP contribution in [0, 0.1) is 0 Å². The highest BCUT2D eigenvalue weighted by molar-refractivity contribution is 7.68. The fourth-order valence-corrected chi connectivity index (χ4v) is 13.2. The summed E-state index contributed by atoms with van der Waals surface area (Å²) < 4.78 is 34.4. The molecule has 0 aliphatic carbocycles. The van der Waals surface area contributed by atoms with E-state index in [4.69, 9.17) is 39.3 Å². The third-order valence-electron chi connectivity index (χ3n) is 9.08. The molecule has 12 bridgehead atoms. The quantitative estimate of drug-likeness (QED) is 0.153. The molecule has 52 heavy (non-hydrogen) atoms. The smallest absolute Gasteiger partial charge is 0.327 e. The summed E-state index contributed by atoms with van der Waals surface area (Å²) in [5.74, 6) is 0. The van der Waals surface area contributed by atoms with Crippen LogP contribution in [0.25, 0.3) is 59.9 Å². The van der Waals surface area contributed by atoms with Crippen LogP contribution < -0.4 is 0 Å². The maximum atomic E-state index is 7.11. The predicted molar refractivity (Wildman–Crippen MR) is 236 cm³/mol. The lowest BCUT2D eigenvalue weighted by atomic mass is 9.87. The topological polar surface area (TPSA) is 52.6 Å². The molecule has 12 heteroatoms. The van der Waals surface area contributed by atoms with Crippen LogP contribution in [0.1, 0.15) is 105 Å². The molecular formula is C40H44Cl2O4P2S4. The summed E-state index contributed by atoms with van der Waals surface area (Å²) in [6, 6.07) is 18.0. The van der Waals surface area contributed by atoms with Gasteiger partial charge in [-0.2, -0.15) is 0 Å². The van der Waals surface area contributed by atoms with E-state index < -0.39 is 14.7 Å². The second-order valence-electron chi connectivity index (χ2n) is 17.4. The van der Waals surface area contributed by atoms with E-state index >= 15 is 0 Å². The van der Waals surface area contributed by atoms with Gasteiger partial charge in [0.2, 0.25) is 0 Å². The van der Waals surface area contributed by atoms with E-state index in [2.05, 4.69) is 132 Å². The first-order valence-electron chi connectivity index (χ1n) is 17.1. The highest BCUT2D eigenvalue weighted by Gasteiger charge is 2.23. The van der Waals surface area contributed by atoms with E-state index in [1.165, 1.54) is 22.3 Å². The third-order valence-corrected chi connectivity index (χ3v) is 15.4. The van der Waals surface area contributed by atoms with Gasteiger partial charge in [-0.15, -0.1) is 45.3 Å². The second-order valence-corrected chi connectivity index (χ2v) is 25.0. The average molecular weight is 850 g/mol. The minimum atomic E-state index is -1.87. The number of hydrogen-bond acceptors (Lipinski definition) is 8. The molecule has 4 aromatic carbocycles. The van der Waals surface area contributed by atoms with Crippen LogP contribution >= 0.6 is 82.6 Å². The van der Waals surface area contributed by atoms with Crippen molar-refractivity contribution in [3.05, 3.63) is 70.8 Å². The highest BCUT2D eigenvalue weighted by Crippen LogP contribution is 2.48. The Morgan fingerprint density at radius 2 is 0.500 bits per heavy atom. The zero-order valence-corrected chi connectivity index (χ0v) is 38.1. The van der Waals surface area contributed by atoms with Crippen molar-refractivity contribution in [1.29, 1.82) is 0 Å². The van der Waals surface area contributed by atoms with Crippen LogP contribution in [-0.2, 0) is 21.7 Å². The molecule has 0 spiro atoms. The van der Waals surface area contributed by atoms with Crippen LogP contribution in [0.5, 0.6) is 0 Å². The summed E-state index contributed by atoms with van der Waals surface area (Å²) in [5, 5.41) is 0. The third kappa shape index (κ3) is 7.66. The molecule has 276 valence electrons. The SMILES string of the molecule is CC(C)(C)c1cc2sc3cc(C(C)(C)C)cc4sc5cc(C(C)(C)C)cc6sc7cc(C(C)(C)C)cc(sc(c1)c2op(Cl)oc34)c7op(Cl)oc65. The monoisotopic (exact) mass is 848 g/mol. The van der Waals surface area contributed by atoms with Crippen LogP contribution in [-0.4, -0.2) is 0 Å². The standard InChI is InChI=1S/C40H44Cl2O4P2S4/c1-37(2,3)21-13-25-33-29(17-21)51-30-18-23(39(7,8)9)15-27-35(30)45-48(42)46-36-28(50-27)16-24(40(10,11)12)20-32(36)52-31-19-22(38(4,5)6)14-26(49-25)34(31)44-47(41)43-33/h13-20H,1-12H3. The van der Waals surface area contributed by atoms with E-state index in [9.17, 15) is 0 Å². The second kappa shape index (κ2) is 13.4. The Labute approximate surface area is 332 Å². The Balaban J connectivity index is 1.93. The van der Waals surface area contributed by atoms with Gasteiger partial charge in [0, 0.05) is 22.5 Å². The summed E-state index contributed by atoms with van der Waals surface area (Å²) in [4.78, 5) is 0. The molecule has 4 nitrogen and oxygen atoms in total. The van der Waals surface area contributed by atoms with Gasteiger partial charge in [0.05, 0.1) is 37.6 Å². The van der Waals surface area contributed by atoms with Gasteiger partial charge >= 0.3 is 14.7 Å². The Morgan fingerprint density at radius 1 is 0.346 bits per heavy atom. The molecule has 0 fully saturated rings. The molecule has 6 aromatic heterocycles. The average Bonchev–Trinajstić information content (AvgIpc) is 2.98. The van der Waals surface area contributed by atoms with Crippen molar-refractivity contribution < 1.29 is 16.8 Å². The first-order chi connectivity index (χ1) is 24.0. The van der Waals surface area contributed by atoms with Crippen LogP contribution in [0.3, 0.4) is 0 Å². The summed E-state index contributed by atoms with van der Waals surface area (Å²) >= 11 is 20.8. The Bertz CT molecular complexity index is 2350. The minimum Gasteiger partial charge on any atom is -0.406 e. The zero-order valence-electron chi connectivity index (χ0n) is 31.5. The van der Waals surface area contributed by atoms with Crippen molar-refractivity contribution in [1.82, 2.24) is 0 Å². The molecule has 6 heterocycles. The summed E-state index contributed by atoms with van der Waals surface area (Å²) in [6.45, 7) is 26.9. The number of rotatable bonds is 0. The van der Waals surface area contributed by atoms with Gasteiger partial charge in [-0.25, -0.2) is 0 Å². The largest absolute Gasteiger partial charge is 0.406 e. The van der Waals surface area contributed by atoms with E-state index in [0.29, 0.717) is 22.3 Å².